The number of Topliss-reactive ketones (excluding diaryl/α,β-unsaturated/α-hetero) is 2. The van der Waals surface area contributed by atoms with Gasteiger partial charge in [0.25, 0.3) is 35.4 Å². The Labute approximate surface area is 750 Å². The van der Waals surface area contributed by atoms with Crippen LogP contribution in [0.4, 0.5) is 4.39 Å². The third kappa shape index (κ3) is 19.3. The van der Waals surface area contributed by atoms with Gasteiger partial charge in [-0.05, 0) is 89.2 Å². The van der Waals surface area contributed by atoms with E-state index in [1.54, 1.807) is 13.8 Å². The number of aliphatic hydroxyl groups excluding tert-OH is 4. The van der Waals surface area contributed by atoms with Gasteiger partial charge in [0.05, 0.1) is 105 Å². The molecule has 11 aliphatic rings. The van der Waals surface area contributed by atoms with Gasteiger partial charge in [-0.3, -0.25) is 81.6 Å². The second kappa shape index (κ2) is 40.9. The fourth-order valence-electron chi connectivity index (χ4n) is 17.8. The standard InChI is InChI=1S/C39H42N2O14.C27H29NO11.C16H18N2O9S.CH3F.ClH.Na/c1-17-33(46)22(40-38(51)19-8-6-18(7-9-19)15-41-26(44)10-11-27(41)45)12-28(54-17)55-24-14-39(52,25(43)16-42)13-21-30(24)37(50)32-31(35(21)48)34(47)20-4-3-5-23(53-2)29(20)36(32)49;1-10-22(31)13(28)6-17(38-10)39-15-8-27(36,16(30)9-29)7-12-19(15)26(35)21-20(24(12)33)23(32)11-4-3-5-14(37-2)18(11)25(21)34;19-12-5-6-13(20)17(12)8-9-1-3-10(4-2-9)16(23)25-18-14(21)7-11(15(18)22)28-27-26-24;1-2;;/h3-5,10-11,17-19,22,24,28,33,42,46,48,50,52H,6-9,12-16H2,1-2H3,(H,40,51);3-5,10,13,15,17,22,29,31,33,35-36H,6-9,28H2,1-2H3;5-6,9-11,24H,1-4,7-8H2;1H3;1H;/q;;;;;+1/p-1/t17?,18?,19?,22?,24-,28?,33?,39-;10?,13?,15-,17?,22?,27-;;;;/m00..../s1/i;;;1D;;. The zero-order valence-electron chi connectivity index (χ0n) is 69.5. The molecule has 5 aliphatic heterocycles. The number of hydrogen-bond donors (Lipinski definition) is 12. The molecule has 0 spiro atoms. The minimum Gasteiger partial charge on any atom is -0.691 e. The number of hydroxylamine groups is 2. The predicted molar refractivity (Wildman–Crippen MR) is 420 cm³/mol. The molecule has 4 aromatic carbocycles. The summed E-state index contributed by atoms with van der Waals surface area (Å²) in [6.07, 6.45) is -2.25. The minimum atomic E-state index is -2.34. The molecule has 6 aliphatic carbocycles. The molecular formula is C83H92ClFN5NaO34S. The van der Waals surface area contributed by atoms with Crippen LogP contribution in [-0.2, 0) is 93.9 Å². The molecule has 3 saturated heterocycles. The van der Waals surface area contributed by atoms with Crippen molar-refractivity contribution >= 4 is 106 Å². The van der Waals surface area contributed by atoms with E-state index in [1.807, 2.05) is 0 Å². The number of amides is 7. The van der Waals surface area contributed by atoms with E-state index >= 15 is 0 Å². The van der Waals surface area contributed by atoms with Crippen LogP contribution >= 0.6 is 24.4 Å². The molecule has 13 atom stereocenters. The maximum absolute atomic E-state index is 13.9. The van der Waals surface area contributed by atoms with Gasteiger partial charge < -0.3 is 101 Å². The van der Waals surface area contributed by atoms with Crippen molar-refractivity contribution in [2.75, 3.05) is 47.7 Å². The van der Waals surface area contributed by atoms with E-state index < -0.39 is 233 Å². The molecule has 2 saturated carbocycles. The van der Waals surface area contributed by atoms with Gasteiger partial charge in [-0.2, -0.15) is 4.33 Å². The molecule has 5 heterocycles. The van der Waals surface area contributed by atoms with Crippen LogP contribution in [0.1, 0.15) is 197 Å². The van der Waals surface area contributed by atoms with Crippen molar-refractivity contribution in [2.45, 2.75) is 188 Å². The number of phenolic OH excluding ortho intramolecular Hbond substituents is 4. The van der Waals surface area contributed by atoms with Crippen LogP contribution in [0.2, 0.25) is 0 Å². The number of alkyl halides is 1. The Morgan fingerprint density at radius 2 is 1.02 bits per heavy atom. The Balaban J connectivity index is 0.000000205. The first kappa shape index (κ1) is 97.2. The molecule has 15 rings (SSSR count). The number of phenols is 4. The van der Waals surface area contributed by atoms with E-state index in [9.17, 15) is 128 Å². The molecule has 13 N–H and O–H groups in total. The number of nitrogens with zero attached hydrogens (tertiary/aromatic N) is 3. The summed E-state index contributed by atoms with van der Waals surface area (Å²) in [5.74, 6) is -12.5. The minimum absolute atomic E-state index is 0. The van der Waals surface area contributed by atoms with Crippen molar-refractivity contribution in [1.82, 2.24) is 20.2 Å². The molecule has 126 heavy (non-hydrogen) atoms. The molecule has 4 aromatic rings. The third-order valence-corrected chi connectivity index (χ3v) is 25.1. The fraction of sp³-hybridized carbons (Fsp3) is 0.494. The van der Waals surface area contributed by atoms with Gasteiger partial charge in [0.1, 0.15) is 70.3 Å². The van der Waals surface area contributed by atoms with Crippen LogP contribution in [0.3, 0.4) is 0 Å². The number of imide groups is 3. The van der Waals surface area contributed by atoms with E-state index in [0.29, 0.717) is 75.0 Å². The van der Waals surface area contributed by atoms with Gasteiger partial charge in [0.2, 0.25) is 17.5 Å². The number of methoxy groups -OCH3 is 2. The fourth-order valence-corrected chi connectivity index (χ4v) is 18.3. The van der Waals surface area contributed by atoms with E-state index in [2.05, 4.69) is 14.7 Å². The predicted octanol–water partition coefficient (Wildman–Crippen LogP) is -1.92. The van der Waals surface area contributed by atoms with Gasteiger partial charge in [0.15, 0.2) is 35.7 Å². The van der Waals surface area contributed by atoms with Crippen LogP contribution in [0.5, 0.6) is 34.5 Å². The number of aliphatic hydroxyl groups is 6. The summed E-state index contributed by atoms with van der Waals surface area (Å²) in [6, 6.07) is 7.06. The Bertz CT molecular complexity index is 5060. The van der Waals surface area contributed by atoms with Crippen molar-refractivity contribution < 1.29 is 201 Å². The zero-order valence-corrected chi connectivity index (χ0v) is 72.1. The first-order chi connectivity index (χ1) is 59.4. The van der Waals surface area contributed by atoms with Crippen LogP contribution in [0.25, 0.3) is 0 Å². The summed E-state index contributed by atoms with van der Waals surface area (Å²) < 4.78 is 54.1. The normalized spacial score (nSPS) is 28.7. The number of halogens is 2. The Kier molecular flexibility index (Phi) is 31.5. The quantitative estimate of drug-likeness (QED) is 0.00933. The van der Waals surface area contributed by atoms with Crippen molar-refractivity contribution in [1.29, 1.82) is 0 Å². The third-order valence-electron chi connectivity index (χ3n) is 24.4. The van der Waals surface area contributed by atoms with Crippen molar-refractivity contribution in [3.8, 4) is 34.5 Å². The molecule has 0 aromatic heterocycles. The van der Waals surface area contributed by atoms with Gasteiger partial charge >= 0.3 is 35.5 Å². The topological polar surface area (TPSA) is 595 Å². The average Bonchev–Trinajstić information content (AvgIpc) is 1.07. The molecule has 0 radical (unpaired) electrons. The van der Waals surface area contributed by atoms with Crippen LogP contribution in [-0.4, -0.2) is 261 Å². The Hall–Kier alpha value is -9.45. The summed E-state index contributed by atoms with van der Waals surface area (Å²) in [5.41, 5.74) is -1.66. The molecule has 43 heteroatoms. The number of fused-ring (bicyclic) bond motifs is 6. The Morgan fingerprint density at radius 1 is 0.611 bits per heavy atom. The number of nitrogens with two attached hydrogens (primary N) is 1. The molecule has 7 amide bonds. The number of nitrogens with one attached hydrogen (secondary N) is 1. The largest absolute Gasteiger partial charge is 1.00 e. The van der Waals surface area contributed by atoms with Gasteiger partial charge in [-0.15, -0.1) is 17.5 Å². The SMILES string of the molecule is COc1cccc2c1C(=O)c1c(O)c3c(c(O)c1C2=O)C[C@@](O)(C(=O)CO)C[C@@H]3OC1CC(N)C(O)C(C)O1.COc1cccc2c1C(=O)c1c(O)c3c(c(O)c1C2=O)C[C@@](O)(C(=O)CO)C[C@@H]3OC1CC(NC(=O)C2CCC(CN3C(=O)C=CC3=O)CC2)C(O)C(C)O1.Cl.O=C(ON1C(=O)CC(SOO[O-])C1=O)C1CCC(CN2C(=O)C=CC2=O)CC1.[2H]CF.[Na+]. The maximum atomic E-state index is 13.9. The molecule has 0 bridgehead atoms. The number of benzene rings is 4. The van der Waals surface area contributed by atoms with Crippen molar-refractivity contribution in [3.63, 3.8) is 0 Å². The smallest absolute Gasteiger partial charge is 0.691 e. The maximum Gasteiger partial charge on any atom is 1.00 e. The number of ether oxygens (including phenoxy) is 6. The number of aromatic hydroxyl groups is 4. The zero-order chi connectivity index (χ0) is 90.9. The Morgan fingerprint density at radius 3 is 1.42 bits per heavy atom. The summed E-state index contributed by atoms with van der Waals surface area (Å²) >= 11 is 0.375. The van der Waals surface area contributed by atoms with Crippen LogP contribution < -0.4 is 55.3 Å². The number of carbonyl (C=O) groups excluding carboxylic acids is 14. The summed E-state index contributed by atoms with van der Waals surface area (Å²) in [7, 11) is 1.63. The monoisotopic (exact) mass is 1810 g/mol. The number of ketones is 6. The molecule has 9 unspecified atom stereocenters. The first-order valence-electron chi connectivity index (χ1n) is 40.3. The first-order valence-corrected chi connectivity index (χ1v) is 40.4. The van der Waals surface area contributed by atoms with E-state index in [1.165, 1.54) is 84.7 Å². The van der Waals surface area contributed by atoms with Gasteiger partial charge in [-0.25, -0.2) is 4.79 Å². The van der Waals surface area contributed by atoms with Gasteiger partial charge in [0, 0.05) is 133 Å². The molecule has 674 valence electrons. The second-order valence-electron chi connectivity index (χ2n) is 31.8. The summed E-state index contributed by atoms with van der Waals surface area (Å²) in [5, 5.41) is 125. The number of carbonyl (C=O) groups is 14. The van der Waals surface area contributed by atoms with Crippen molar-refractivity contribution in [2.24, 2.45) is 29.4 Å². The summed E-state index contributed by atoms with van der Waals surface area (Å²) in [6.45, 7) is 1.61. The molecule has 5 fully saturated rings. The van der Waals surface area contributed by atoms with E-state index in [0.717, 1.165) is 0 Å². The van der Waals surface area contributed by atoms with E-state index in [-0.39, 0.29) is 165 Å². The molecule has 39 nitrogen and oxygen atoms in total. The second-order valence-corrected chi connectivity index (χ2v) is 32.7. The number of rotatable bonds is 21. The molecular weight excluding hydrogens is 1720 g/mol. The van der Waals surface area contributed by atoms with Crippen molar-refractivity contribution in [3.05, 3.63) is 127 Å². The van der Waals surface area contributed by atoms with Crippen LogP contribution in [0, 0.1) is 23.7 Å². The van der Waals surface area contributed by atoms with Crippen LogP contribution in [0.15, 0.2) is 60.7 Å². The average molecular weight is 1810 g/mol. The number of hydrogen-bond acceptors (Lipinski definition) is 36. The van der Waals surface area contributed by atoms with Gasteiger partial charge in [-0.1, -0.05) is 24.3 Å². The summed E-state index contributed by atoms with van der Waals surface area (Å²) in [4.78, 5) is 185. The van der Waals surface area contributed by atoms with E-state index in [4.69, 9.17) is 40.4 Å².